The second-order valence-corrected chi connectivity index (χ2v) is 9.07. The number of rotatable bonds is 6. The summed E-state index contributed by atoms with van der Waals surface area (Å²) in [4.78, 5) is 24.0. The van der Waals surface area contributed by atoms with Crippen LogP contribution in [0.5, 0.6) is 0 Å². The van der Waals surface area contributed by atoms with Crippen LogP contribution >= 0.6 is 0 Å². The first-order valence-corrected chi connectivity index (χ1v) is 11.9. The van der Waals surface area contributed by atoms with Gasteiger partial charge < -0.3 is 4.90 Å². The third-order valence-electron chi connectivity index (χ3n) is 6.73. The number of pyridine rings is 2. The molecule has 3 aromatic rings. The molecular formula is C26H32N6. The van der Waals surface area contributed by atoms with Gasteiger partial charge in [0.25, 0.3) is 0 Å². The van der Waals surface area contributed by atoms with Crippen molar-refractivity contribution >= 4 is 5.82 Å². The van der Waals surface area contributed by atoms with E-state index in [1.54, 1.807) is 0 Å². The molecule has 0 unspecified atom stereocenters. The number of likely N-dealkylation sites (tertiary alicyclic amines) is 1. The van der Waals surface area contributed by atoms with E-state index in [1.807, 2.05) is 30.7 Å². The van der Waals surface area contributed by atoms with Crippen molar-refractivity contribution < 1.29 is 0 Å². The molecule has 1 atom stereocenters. The molecule has 166 valence electrons. The van der Waals surface area contributed by atoms with Crippen molar-refractivity contribution in [3.8, 4) is 0 Å². The maximum atomic E-state index is 5.19. The number of nitrogens with zero attached hydrogens (tertiary/aromatic N) is 6. The number of fused-ring (bicyclic) bond motifs is 1. The number of hydrogen-bond donors (Lipinski definition) is 0. The normalized spacial score (nSPS) is 19.0. The van der Waals surface area contributed by atoms with Gasteiger partial charge in [0.15, 0.2) is 0 Å². The zero-order chi connectivity index (χ0) is 21.8. The van der Waals surface area contributed by atoms with Crippen molar-refractivity contribution in [2.24, 2.45) is 0 Å². The van der Waals surface area contributed by atoms with Gasteiger partial charge in [-0.05, 0) is 62.9 Å². The molecule has 6 heteroatoms. The molecule has 0 aliphatic carbocycles. The SMILES string of the molecule is Cc1nc([C@H]2CCCN(Cc3cccnc3)C2)nc2c1CCCN2CCc1ccccn1. The van der Waals surface area contributed by atoms with Gasteiger partial charge in [0, 0.05) is 74.1 Å². The summed E-state index contributed by atoms with van der Waals surface area (Å²) in [6.45, 7) is 7.28. The third-order valence-corrected chi connectivity index (χ3v) is 6.73. The minimum Gasteiger partial charge on any atom is -0.356 e. The minimum absolute atomic E-state index is 0.393. The molecule has 3 aromatic heterocycles. The van der Waals surface area contributed by atoms with Crippen molar-refractivity contribution in [2.75, 3.05) is 31.1 Å². The van der Waals surface area contributed by atoms with Crippen LogP contribution < -0.4 is 4.90 Å². The number of aryl methyl sites for hydroxylation is 1. The van der Waals surface area contributed by atoms with Gasteiger partial charge in [-0.3, -0.25) is 14.9 Å². The van der Waals surface area contributed by atoms with Crippen LogP contribution in [0, 0.1) is 6.92 Å². The molecule has 6 nitrogen and oxygen atoms in total. The lowest BCUT2D eigenvalue weighted by atomic mass is 9.95. The Morgan fingerprint density at radius 1 is 1.03 bits per heavy atom. The van der Waals surface area contributed by atoms with Gasteiger partial charge in [-0.25, -0.2) is 9.97 Å². The molecule has 5 heterocycles. The van der Waals surface area contributed by atoms with Crippen molar-refractivity contribution in [1.29, 1.82) is 0 Å². The van der Waals surface area contributed by atoms with Crippen LogP contribution in [0.3, 0.4) is 0 Å². The van der Waals surface area contributed by atoms with E-state index in [4.69, 9.17) is 9.97 Å². The van der Waals surface area contributed by atoms with Crippen LogP contribution in [-0.4, -0.2) is 51.0 Å². The maximum Gasteiger partial charge on any atom is 0.135 e. The maximum absolute atomic E-state index is 5.19. The van der Waals surface area contributed by atoms with Crippen LogP contribution in [0.4, 0.5) is 5.82 Å². The lowest BCUT2D eigenvalue weighted by Gasteiger charge is -2.34. The largest absolute Gasteiger partial charge is 0.356 e. The van der Waals surface area contributed by atoms with Gasteiger partial charge in [-0.1, -0.05) is 12.1 Å². The summed E-state index contributed by atoms with van der Waals surface area (Å²) in [5.41, 5.74) is 4.92. The van der Waals surface area contributed by atoms with Gasteiger partial charge >= 0.3 is 0 Å². The Balaban J connectivity index is 1.33. The van der Waals surface area contributed by atoms with E-state index < -0.39 is 0 Å². The Morgan fingerprint density at radius 2 is 2.00 bits per heavy atom. The zero-order valence-corrected chi connectivity index (χ0v) is 19.0. The molecular weight excluding hydrogens is 396 g/mol. The fourth-order valence-electron chi connectivity index (χ4n) is 5.06. The predicted molar refractivity (Wildman–Crippen MR) is 127 cm³/mol. The summed E-state index contributed by atoms with van der Waals surface area (Å²) >= 11 is 0. The van der Waals surface area contributed by atoms with E-state index in [9.17, 15) is 0 Å². The molecule has 0 saturated carbocycles. The van der Waals surface area contributed by atoms with Crippen LogP contribution in [0.15, 0.2) is 48.9 Å². The number of anilines is 1. The molecule has 0 aromatic carbocycles. The molecule has 0 amide bonds. The minimum atomic E-state index is 0.393. The summed E-state index contributed by atoms with van der Waals surface area (Å²) in [5.74, 6) is 2.59. The van der Waals surface area contributed by atoms with Crippen molar-refractivity contribution in [3.63, 3.8) is 0 Å². The lowest BCUT2D eigenvalue weighted by molar-refractivity contribution is 0.196. The smallest absolute Gasteiger partial charge is 0.135 e. The number of aromatic nitrogens is 4. The molecule has 1 fully saturated rings. The second-order valence-electron chi connectivity index (χ2n) is 9.07. The summed E-state index contributed by atoms with van der Waals surface area (Å²) in [6.07, 6.45) is 11.2. The molecule has 5 rings (SSSR count). The van der Waals surface area contributed by atoms with Gasteiger partial charge in [-0.15, -0.1) is 0 Å². The first-order valence-electron chi connectivity index (χ1n) is 11.9. The summed E-state index contributed by atoms with van der Waals surface area (Å²) in [5, 5.41) is 0. The zero-order valence-electron chi connectivity index (χ0n) is 19.0. The number of hydrogen-bond acceptors (Lipinski definition) is 6. The Morgan fingerprint density at radius 3 is 2.84 bits per heavy atom. The van der Waals surface area contributed by atoms with Gasteiger partial charge in [-0.2, -0.15) is 0 Å². The van der Waals surface area contributed by atoms with E-state index >= 15 is 0 Å². The van der Waals surface area contributed by atoms with Crippen molar-refractivity contribution in [3.05, 3.63) is 77.3 Å². The van der Waals surface area contributed by atoms with Crippen LogP contribution in [0.2, 0.25) is 0 Å². The molecule has 32 heavy (non-hydrogen) atoms. The van der Waals surface area contributed by atoms with Crippen molar-refractivity contribution in [2.45, 2.75) is 51.5 Å². The monoisotopic (exact) mass is 428 g/mol. The highest BCUT2D eigenvalue weighted by Gasteiger charge is 2.27. The quantitative estimate of drug-likeness (QED) is 0.593. The van der Waals surface area contributed by atoms with Crippen molar-refractivity contribution in [1.82, 2.24) is 24.8 Å². The average molecular weight is 429 g/mol. The van der Waals surface area contributed by atoms with E-state index in [2.05, 4.69) is 44.9 Å². The predicted octanol–water partition coefficient (Wildman–Crippen LogP) is 3.95. The Kier molecular flexibility index (Phi) is 6.39. The Hall–Kier alpha value is -2.86. The topological polar surface area (TPSA) is 58.0 Å². The highest BCUT2D eigenvalue weighted by Crippen LogP contribution is 2.32. The molecule has 1 saturated heterocycles. The van der Waals surface area contributed by atoms with Gasteiger partial charge in [0.05, 0.1) is 0 Å². The summed E-state index contributed by atoms with van der Waals surface area (Å²) in [7, 11) is 0. The Labute approximate surface area is 190 Å². The van der Waals surface area contributed by atoms with Crippen LogP contribution in [0.1, 0.15) is 53.5 Å². The summed E-state index contributed by atoms with van der Waals surface area (Å²) in [6, 6.07) is 10.3. The average Bonchev–Trinajstić information content (AvgIpc) is 2.84. The first kappa shape index (κ1) is 21.0. The lowest BCUT2D eigenvalue weighted by Crippen LogP contribution is -2.36. The number of piperidine rings is 1. The first-order chi connectivity index (χ1) is 15.8. The fourth-order valence-corrected chi connectivity index (χ4v) is 5.06. The van der Waals surface area contributed by atoms with Gasteiger partial charge in [0.2, 0.25) is 0 Å². The highest BCUT2D eigenvalue weighted by atomic mass is 15.2. The Bertz CT molecular complexity index is 1020. The van der Waals surface area contributed by atoms with Crippen LogP contribution in [0.25, 0.3) is 0 Å². The fraction of sp³-hybridized carbons (Fsp3) is 0.462. The molecule has 2 aliphatic rings. The van der Waals surface area contributed by atoms with E-state index in [0.717, 1.165) is 69.2 Å². The third kappa shape index (κ3) is 4.80. The van der Waals surface area contributed by atoms with E-state index in [0.29, 0.717) is 5.92 Å². The molecule has 0 spiro atoms. The van der Waals surface area contributed by atoms with E-state index in [-0.39, 0.29) is 0 Å². The molecule has 2 aliphatic heterocycles. The second kappa shape index (κ2) is 9.74. The molecule has 0 radical (unpaired) electrons. The summed E-state index contributed by atoms with van der Waals surface area (Å²) < 4.78 is 0. The molecule has 0 bridgehead atoms. The molecule has 0 N–H and O–H groups in total. The van der Waals surface area contributed by atoms with Crippen LogP contribution in [-0.2, 0) is 19.4 Å². The van der Waals surface area contributed by atoms with E-state index in [1.165, 1.54) is 29.8 Å². The standard InChI is InChI=1S/C26H32N6/c1-20-24-10-6-15-32(16-11-23-9-2-3-13-28-23)26(24)30-25(29-20)22-8-5-14-31(19-22)18-21-7-4-12-27-17-21/h2-4,7,9,12-13,17,22H,5-6,8,10-11,14-16,18-19H2,1H3/t22-/m0/s1. The highest BCUT2D eigenvalue weighted by molar-refractivity contribution is 5.51. The van der Waals surface area contributed by atoms with Gasteiger partial charge in [0.1, 0.15) is 11.6 Å².